The lowest BCUT2D eigenvalue weighted by molar-refractivity contribution is 0.980. The number of nitrogens with zero attached hydrogens (tertiary/aromatic N) is 1. The number of hydrogen-bond acceptors (Lipinski definition) is 4. The maximum atomic E-state index is 12.6. The third-order valence-corrected chi connectivity index (χ3v) is 6.14. The summed E-state index contributed by atoms with van der Waals surface area (Å²) in [5, 5.41) is 3.33. The number of hydrogen-bond donors (Lipinski definition) is 1. The van der Waals surface area contributed by atoms with Gasteiger partial charge in [0, 0.05) is 21.2 Å². The van der Waals surface area contributed by atoms with Crippen LogP contribution in [0.25, 0.3) is 21.3 Å². The Morgan fingerprint density at radius 2 is 1.84 bits per heavy atom. The Bertz CT molecular complexity index is 1070. The average molecular weight is 429 g/mol. The van der Waals surface area contributed by atoms with E-state index in [1.54, 1.807) is 0 Å². The van der Waals surface area contributed by atoms with Crippen LogP contribution < -0.4 is 5.56 Å². The van der Waals surface area contributed by atoms with E-state index >= 15 is 0 Å². The van der Waals surface area contributed by atoms with Gasteiger partial charge in [-0.05, 0) is 23.3 Å². The second-order valence-electron chi connectivity index (χ2n) is 5.48. The molecule has 2 aromatic heterocycles. The largest absolute Gasteiger partial charge is 0.301 e. The molecule has 0 aliphatic heterocycles. The molecule has 4 aromatic rings. The van der Waals surface area contributed by atoms with Crippen molar-refractivity contribution in [2.75, 3.05) is 0 Å². The molecule has 0 unspecified atom stereocenters. The third-order valence-electron chi connectivity index (χ3n) is 3.80. The van der Waals surface area contributed by atoms with Gasteiger partial charge in [-0.2, -0.15) is 0 Å². The van der Waals surface area contributed by atoms with E-state index in [1.165, 1.54) is 28.7 Å². The van der Waals surface area contributed by atoms with Crippen LogP contribution in [0, 0.1) is 0 Å². The summed E-state index contributed by atoms with van der Waals surface area (Å²) >= 11 is 6.48. The number of H-pyrrole nitrogens is 1. The van der Waals surface area contributed by atoms with Crippen LogP contribution in [0.5, 0.6) is 0 Å². The Morgan fingerprint density at radius 1 is 1.08 bits per heavy atom. The summed E-state index contributed by atoms with van der Waals surface area (Å²) < 4.78 is 1.06. The van der Waals surface area contributed by atoms with Crippen LogP contribution in [0.2, 0.25) is 0 Å². The molecule has 0 spiro atoms. The molecule has 0 saturated carbocycles. The normalized spacial score (nSPS) is 11.1. The summed E-state index contributed by atoms with van der Waals surface area (Å²) in [6.07, 6.45) is 0. The molecule has 2 heterocycles. The zero-order chi connectivity index (χ0) is 17.2. The van der Waals surface area contributed by atoms with Crippen LogP contribution in [0.15, 0.2) is 74.4 Å². The molecule has 2 aromatic carbocycles. The molecule has 3 nitrogen and oxygen atoms in total. The molecule has 0 aliphatic rings. The van der Waals surface area contributed by atoms with Crippen molar-refractivity contribution < 1.29 is 0 Å². The van der Waals surface area contributed by atoms with Crippen molar-refractivity contribution in [2.24, 2.45) is 0 Å². The van der Waals surface area contributed by atoms with Crippen molar-refractivity contribution in [2.45, 2.75) is 10.9 Å². The molecule has 0 bridgehead atoms. The van der Waals surface area contributed by atoms with E-state index in [0.717, 1.165) is 26.2 Å². The highest BCUT2D eigenvalue weighted by atomic mass is 79.9. The van der Waals surface area contributed by atoms with Crippen molar-refractivity contribution in [3.05, 3.63) is 80.4 Å². The van der Waals surface area contributed by atoms with Crippen LogP contribution >= 0.6 is 39.0 Å². The van der Waals surface area contributed by atoms with E-state index in [2.05, 4.69) is 38.0 Å². The van der Waals surface area contributed by atoms with Gasteiger partial charge in [0.25, 0.3) is 5.56 Å². The maximum Gasteiger partial charge on any atom is 0.260 e. The quantitative estimate of drug-likeness (QED) is 0.334. The number of fused-ring (bicyclic) bond motifs is 1. The van der Waals surface area contributed by atoms with Crippen LogP contribution in [-0.2, 0) is 5.75 Å². The highest BCUT2D eigenvalue weighted by Crippen LogP contribution is 2.31. The second-order valence-corrected chi connectivity index (χ2v) is 8.22. The Labute approximate surface area is 161 Å². The summed E-state index contributed by atoms with van der Waals surface area (Å²) in [6.45, 7) is 0. The fourth-order valence-corrected chi connectivity index (χ4v) is 4.65. The number of nitrogens with one attached hydrogen (secondary N) is 1. The molecule has 0 atom stereocenters. The predicted octanol–water partition coefficient (Wildman–Crippen LogP) is 5.71. The van der Waals surface area contributed by atoms with Crippen LogP contribution in [0.4, 0.5) is 0 Å². The fraction of sp³-hybridized carbons (Fsp3) is 0.0526. The SMILES string of the molecule is O=c1[nH]c(SCc2ccc(Br)cc2)nc2scc(-c3ccccc3)c12. The first-order valence-electron chi connectivity index (χ1n) is 7.65. The highest BCUT2D eigenvalue weighted by molar-refractivity contribution is 9.10. The molecule has 0 amide bonds. The van der Waals surface area contributed by atoms with Crippen molar-refractivity contribution in [3.8, 4) is 11.1 Å². The number of thioether (sulfide) groups is 1. The third kappa shape index (κ3) is 3.56. The Kier molecular flexibility index (Phi) is 4.74. The number of aromatic amines is 1. The number of benzene rings is 2. The smallest absolute Gasteiger partial charge is 0.260 e. The van der Waals surface area contributed by atoms with Gasteiger partial charge in [-0.15, -0.1) is 11.3 Å². The van der Waals surface area contributed by atoms with E-state index in [0.29, 0.717) is 10.5 Å². The zero-order valence-corrected chi connectivity index (χ0v) is 16.2. The highest BCUT2D eigenvalue weighted by Gasteiger charge is 2.13. The molecule has 6 heteroatoms. The van der Waals surface area contributed by atoms with Crippen molar-refractivity contribution in [1.82, 2.24) is 9.97 Å². The predicted molar refractivity (Wildman–Crippen MR) is 109 cm³/mol. The van der Waals surface area contributed by atoms with E-state index in [1.807, 2.05) is 47.8 Å². The number of rotatable bonds is 4. The minimum atomic E-state index is -0.0802. The van der Waals surface area contributed by atoms with Gasteiger partial charge in [-0.1, -0.05) is 70.2 Å². The molecular weight excluding hydrogens is 416 g/mol. The summed E-state index contributed by atoms with van der Waals surface area (Å²) in [5.41, 5.74) is 3.09. The molecule has 124 valence electrons. The maximum absolute atomic E-state index is 12.6. The van der Waals surface area contributed by atoms with Crippen LogP contribution in [-0.4, -0.2) is 9.97 Å². The van der Waals surface area contributed by atoms with Gasteiger partial charge < -0.3 is 4.98 Å². The van der Waals surface area contributed by atoms with Crippen molar-refractivity contribution in [3.63, 3.8) is 0 Å². The van der Waals surface area contributed by atoms with Gasteiger partial charge in [0.05, 0.1) is 5.39 Å². The number of aromatic nitrogens is 2. The zero-order valence-electron chi connectivity index (χ0n) is 13.0. The van der Waals surface area contributed by atoms with Crippen LogP contribution in [0.3, 0.4) is 0 Å². The first kappa shape index (κ1) is 16.6. The molecule has 0 fully saturated rings. The molecule has 0 radical (unpaired) electrons. The van der Waals surface area contributed by atoms with Gasteiger partial charge in [0.2, 0.25) is 0 Å². The second kappa shape index (κ2) is 7.15. The van der Waals surface area contributed by atoms with E-state index in [-0.39, 0.29) is 5.56 Å². The summed E-state index contributed by atoms with van der Waals surface area (Å²) in [6, 6.07) is 18.1. The van der Waals surface area contributed by atoms with Crippen molar-refractivity contribution >= 4 is 49.2 Å². The van der Waals surface area contributed by atoms with Crippen molar-refractivity contribution in [1.29, 1.82) is 0 Å². The molecule has 0 saturated heterocycles. The van der Waals surface area contributed by atoms with Gasteiger partial charge in [-0.25, -0.2) is 4.98 Å². The topological polar surface area (TPSA) is 45.8 Å². The molecular formula is C19H13BrN2OS2. The Hall–Kier alpha value is -1.89. The van der Waals surface area contributed by atoms with E-state index in [9.17, 15) is 4.79 Å². The number of halogens is 1. The summed E-state index contributed by atoms with van der Waals surface area (Å²) in [4.78, 5) is 20.9. The van der Waals surface area contributed by atoms with E-state index in [4.69, 9.17) is 0 Å². The van der Waals surface area contributed by atoms with Crippen LogP contribution in [0.1, 0.15) is 5.56 Å². The first-order valence-corrected chi connectivity index (χ1v) is 10.3. The molecule has 4 rings (SSSR count). The molecule has 25 heavy (non-hydrogen) atoms. The lowest BCUT2D eigenvalue weighted by Gasteiger charge is -2.03. The molecule has 1 N–H and O–H groups in total. The van der Waals surface area contributed by atoms with Gasteiger partial charge >= 0.3 is 0 Å². The first-order chi connectivity index (χ1) is 12.2. The summed E-state index contributed by atoms with van der Waals surface area (Å²) in [7, 11) is 0. The fourth-order valence-electron chi connectivity index (χ4n) is 2.56. The van der Waals surface area contributed by atoms with Gasteiger partial charge in [-0.3, -0.25) is 4.79 Å². The van der Waals surface area contributed by atoms with E-state index < -0.39 is 0 Å². The van der Waals surface area contributed by atoms with Gasteiger partial charge in [0.15, 0.2) is 5.16 Å². The Balaban J connectivity index is 1.64. The number of thiophene rings is 1. The average Bonchev–Trinajstić information content (AvgIpc) is 3.07. The molecule has 0 aliphatic carbocycles. The Morgan fingerprint density at radius 3 is 2.60 bits per heavy atom. The van der Waals surface area contributed by atoms with Gasteiger partial charge in [0.1, 0.15) is 4.83 Å². The monoisotopic (exact) mass is 428 g/mol. The lowest BCUT2D eigenvalue weighted by atomic mass is 10.1. The standard InChI is InChI=1S/C19H13BrN2OS2/c20-14-8-6-12(7-9-14)10-25-19-21-17(23)16-15(11-24-18(16)22-19)13-4-2-1-3-5-13/h1-9,11H,10H2,(H,21,22,23). The lowest BCUT2D eigenvalue weighted by Crippen LogP contribution is -2.08. The minimum absolute atomic E-state index is 0.0802. The minimum Gasteiger partial charge on any atom is -0.301 e. The summed E-state index contributed by atoms with van der Waals surface area (Å²) in [5.74, 6) is 0.763.